The summed E-state index contributed by atoms with van der Waals surface area (Å²) >= 11 is 1.15. The lowest BCUT2D eigenvalue weighted by Crippen LogP contribution is -2.14. The summed E-state index contributed by atoms with van der Waals surface area (Å²) in [5.41, 5.74) is 6.81. The lowest BCUT2D eigenvalue weighted by Gasteiger charge is -2.00. The summed E-state index contributed by atoms with van der Waals surface area (Å²) in [5, 5.41) is 18.3. The molecule has 3 aromatic rings. The highest BCUT2D eigenvalue weighted by Crippen LogP contribution is 2.27. The summed E-state index contributed by atoms with van der Waals surface area (Å²) in [7, 11) is 0. The number of carbonyl (C=O) groups is 1. The molecule has 3 N–H and O–H groups in total. The van der Waals surface area contributed by atoms with Crippen LogP contribution in [0.3, 0.4) is 0 Å². The molecule has 3 rings (SSSR count). The van der Waals surface area contributed by atoms with Crippen LogP contribution in [-0.2, 0) is 11.2 Å². The molecule has 0 fully saturated rings. The van der Waals surface area contributed by atoms with Crippen molar-refractivity contribution in [3.63, 3.8) is 0 Å². The molecule has 9 heteroatoms. The van der Waals surface area contributed by atoms with Gasteiger partial charge in [0.15, 0.2) is 16.5 Å². The Kier molecular flexibility index (Phi) is 3.56. The molecular formula is C12H10N6O2S. The molecule has 0 aliphatic rings. The Bertz CT molecular complexity index is 754. The maximum atomic E-state index is 11.9. The van der Waals surface area contributed by atoms with Gasteiger partial charge in [-0.05, 0) is 15.9 Å². The number of aromatic nitrogens is 4. The fourth-order valence-electron chi connectivity index (χ4n) is 1.66. The van der Waals surface area contributed by atoms with Crippen molar-refractivity contribution in [3.05, 3.63) is 35.9 Å². The summed E-state index contributed by atoms with van der Waals surface area (Å²) in [4.78, 5) is 11.9. The Hall–Kier alpha value is -2.81. The van der Waals surface area contributed by atoms with Crippen molar-refractivity contribution in [1.82, 2.24) is 20.5 Å². The largest absolute Gasteiger partial charge is 0.379 e. The lowest BCUT2D eigenvalue weighted by molar-refractivity contribution is -0.115. The van der Waals surface area contributed by atoms with Crippen molar-refractivity contribution in [2.45, 2.75) is 6.42 Å². The van der Waals surface area contributed by atoms with Crippen LogP contribution in [0.1, 0.15) is 5.56 Å². The summed E-state index contributed by atoms with van der Waals surface area (Å²) < 4.78 is 4.50. The molecule has 2 aromatic heterocycles. The first-order valence-corrected chi connectivity index (χ1v) is 6.79. The fraction of sp³-hybridized carbons (Fsp3) is 0.0833. The monoisotopic (exact) mass is 302 g/mol. The highest BCUT2D eigenvalue weighted by Gasteiger charge is 2.16. The van der Waals surface area contributed by atoms with E-state index in [2.05, 4.69) is 30.5 Å². The minimum Gasteiger partial charge on any atom is -0.379 e. The molecule has 8 nitrogen and oxygen atoms in total. The molecule has 21 heavy (non-hydrogen) atoms. The van der Waals surface area contributed by atoms with Gasteiger partial charge in [0, 0.05) is 0 Å². The molecule has 0 bridgehead atoms. The van der Waals surface area contributed by atoms with E-state index in [0.717, 1.165) is 16.9 Å². The molecule has 0 atom stereocenters. The first-order valence-electron chi connectivity index (χ1n) is 5.98. The topological polar surface area (TPSA) is 120 Å². The molecule has 0 saturated heterocycles. The normalized spacial score (nSPS) is 10.5. The predicted molar refractivity (Wildman–Crippen MR) is 76.4 cm³/mol. The average molecular weight is 302 g/mol. The van der Waals surface area contributed by atoms with Crippen LogP contribution in [0.25, 0.3) is 10.7 Å². The molecule has 0 spiro atoms. The lowest BCUT2D eigenvalue weighted by atomic mass is 10.1. The van der Waals surface area contributed by atoms with Gasteiger partial charge in [-0.1, -0.05) is 41.7 Å². The van der Waals surface area contributed by atoms with Gasteiger partial charge in [-0.3, -0.25) is 4.79 Å². The van der Waals surface area contributed by atoms with Crippen LogP contribution in [0.4, 0.5) is 10.9 Å². The molecule has 0 radical (unpaired) electrons. The van der Waals surface area contributed by atoms with Gasteiger partial charge in [-0.2, -0.15) is 0 Å². The average Bonchev–Trinajstić information content (AvgIpc) is 3.08. The zero-order valence-corrected chi connectivity index (χ0v) is 11.5. The van der Waals surface area contributed by atoms with Crippen molar-refractivity contribution in [2.75, 3.05) is 11.1 Å². The molecule has 0 aliphatic heterocycles. The summed E-state index contributed by atoms with van der Waals surface area (Å²) in [5.74, 6) is -0.0385. The van der Waals surface area contributed by atoms with Gasteiger partial charge in [0.25, 0.3) is 0 Å². The van der Waals surface area contributed by atoms with E-state index in [1.165, 1.54) is 0 Å². The Morgan fingerprint density at radius 2 is 2.05 bits per heavy atom. The van der Waals surface area contributed by atoms with Gasteiger partial charge in [0.2, 0.25) is 11.0 Å². The Morgan fingerprint density at radius 1 is 1.24 bits per heavy atom. The second-order valence-corrected chi connectivity index (χ2v) is 5.10. The van der Waals surface area contributed by atoms with E-state index in [-0.39, 0.29) is 18.1 Å². The van der Waals surface area contributed by atoms with E-state index in [9.17, 15) is 4.79 Å². The fourth-order valence-corrected chi connectivity index (χ4v) is 2.41. The number of rotatable bonds is 4. The summed E-state index contributed by atoms with van der Waals surface area (Å²) in [6.07, 6.45) is 0.267. The maximum Gasteiger partial charge on any atom is 0.230 e. The van der Waals surface area contributed by atoms with E-state index in [1.54, 1.807) is 0 Å². The van der Waals surface area contributed by atoms with Crippen LogP contribution in [0, 0.1) is 0 Å². The quantitative estimate of drug-likeness (QED) is 0.746. The molecule has 1 aromatic carbocycles. The van der Waals surface area contributed by atoms with Crippen LogP contribution in [0.15, 0.2) is 35.0 Å². The van der Waals surface area contributed by atoms with E-state index in [4.69, 9.17) is 5.73 Å². The van der Waals surface area contributed by atoms with Crippen molar-refractivity contribution in [2.24, 2.45) is 0 Å². The Labute approximate surface area is 123 Å². The summed E-state index contributed by atoms with van der Waals surface area (Å²) in [6, 6.07) is 9.42. The number of amides is 1. The van der Waals surface area contributed by atoms with Gasteiger partial charge in [-0.25, -0.2) is 4.63 Å². The number of hydrogen-bond acceptors (Lipinski definition) is 8. The number of hydrogen-bond donors (Lipinski definition) is 2. The zero-order valence-electron chi connectivity index (χ0n) is 10.7. The van der Waals surface area contributed by atoms with Crippen LogP contribution < -0.4 is 11.1 Å². The SMILES string of the molecule is Nc1nonc1-c1nnc(NC(=O)Cc2ccccc2)s1. The van der Waals surface area contributed by atoms with Crippen LogP contribution >= 0.6 is 11.3 Å². The number of nitrogens with one attached hydrogen (secondary N) is 1. The second kappa shape index (κ2) is 5.67. The van der Waals surface area contributed by atoms with Crippen molar-refractivity contribution in [1.29, 1.82) is 0 Å². The van der Waals surface area contributed by atoms with Gasteiger partial charge in [-0.15, -0.1) is 10.2 Å². The predicted octanol–water partition coefficient (Wildman–Crippen LogP) is 1.35. The molecule has 2 heterocycles. The minimum atomic E-state index is -0.171. The second-order valence-electron chi connectivity index (χ2n) is 4.12. The Balaban J connectivity index is 1.67. The van der Waals surface area contributed by atoms with E-state index in [1.807, 2.05) is 30.3 Å². The molecular weight excluding hydrogens is 292 g/mol. The van der Waals surface area contributed by atoms with Gasteiger partial charge in [0.1, 0.15) is 0 Å². The summed E-state index contributed by atoms with van der Waals surface area (Å²) in [6.45, 7) is 0. The highest BCUT2D eigenvalue weighted by atomic mass is 32.1. The number of nitrogens with two attached hydrogens (primary N) is 1. The van der Waals surface area contributed by atoms with Crippen molar-refractivity contribution >= 4 is 28.2 Å². The minimum absolute atomic E-state index is 0.133. The van der Waals surface area contributed by atoms with Crippen LogP contribution in [-0.4, -0.2) is 26.4 Å². The number of nitrogens with zero attached hydrogens (tertiary/aromatic N) is 4. The van der Waals surface area contributed by atoms with Crippen LogP contribution in [0.5, 0.6) is 0 Å². The zero-order chi connectivity index (χ0) is 14.7. The first-order chi connectivity index (χ1) is 10.2. The van der Waals surface area contributed by atoms with Crippen LogP contribution in [0.2, 0.25) is 0 Å². The van der Waals surface area contributed by atoms with Crippen molar-refractivity contribution < 1.29 is 9.42 Å². The third kappa shape index (κ3) is 3.03. The highest BCUT2D eigenvalue weighted by molar-refractivity contribution is 7.18. The number of carbonyl (C=O) groups excluding carboxylic acids is 1. The Morgan fingerprint density at radius 3 is 2.76 bits per heavy atom. The molecule has 0 unspecified atom stereocenters. The molecule has 0 aliphatic carbocycles. The van der Waals surface area contributed by atoms with Gasteiger partial charge in [0.05, 0.1) is 6.42 Å². The van der Waals surface area contributed by atoms with E-state index in [0.29, 0.717) is 15.8 Å². The standard InChI is InChI=1S/C12H10N6O2S/c13-10-9(17-20-18-10)11-15-16-12(21-11)14-8(19)6-7-4-2-1-3-5-7/h1-5H,6H2,(H2,13,18)(H,14,16,19). The maximum absolute atomic E-state index is 11.9. The van der Waals surface area contributed by atoms with E-state index >= 15 is 0 Å². The van der Waals surface area contributed by atoms with E-state index < -0.39 is 0 Å². The van der Waals surface area contributed by atoms with Crippen molar-refractivity contribution in [3.8, 4) is 10.7 Å². The number of anilines is 2. The smallest absolute Gasteiger partial charge is 0.230 e. The number of nitrogen functional groups attached to an aromatic ring is 1. The van der Waals surface area contributed by atoms with Gasteiger partial charge < -0.3 is 11.1 Å². The third-order valence-corrected chi connectivity index (χ3v) is 3.44. The molecule has 106 valence electrons. The first kappa shape index (κ1) is 13.2. The number of benzene rings is 1. The van der Waals surface area contributed by atoms with Gasteiger partial charge >= 0.3 is 0 Å². The molecule has 1 amide bonds. The third-order valence-electron chi connectivity index (χ3n) is 2.60. The molecule has 0 saturated carbocycles.